The largest absolute Gasteiger partial charge is 0.371 e. The summed E-state index contributed by atoms with van der Waals surface area (Å²) in [6.07, 6.45) is 9.79. The van der Waals surface area contributed by atoms with Gasteiger partial charge in [-0.3, -0.25) is 4.79 Å². The first-order valence-corrected chi connectivity index (χ1v) is 15.3. The first kappa shape index (κ1) is 25.5. The molecular weight excluding hydrogens is 545 g/mol. The Labute approximate surface area is 231 Å². The lowest BCUT2D eigenvalue weighted by Gasteiger charge is -2.32. The molecule has 2 aromatic carbocycles. The lowest BCUT2D eigenvalue weighted by atomic mass is 9.92. The van der Waals surface area contributed by atoms with Crippen molar-refractivity contribution in [1.82, 2.24) is 9.88 Å². The van der Waals surface area contributed by atoms with Crippen molar-refractivity contribution < 1.29 is 17.7 Å². The number of fused-ring (bicyclic) bond motifs is 1. The van der Waals surface area contributed by atoms with Crippen LogP contribution in [0.3, 0.4) is 0 Å². The molecule has 7 nitrogen and oxygen atoms in total. The number of carbonyl (C=O) groups excluding carboxylic acids is 1. The quantitative estimate of drug-likeness (QED) is 0.366. The topological polar surface area (TPSA) is 92.5 Å². The van der Waals surface area contributed by atoms with Crippen LogP contribution in [-0.2, 0) is 10.0 Å². The lowest BCUT2D eigenvalue weighted by Crippen LogP contribution is -2.34. The molecule has 0 radical (unpaired) electrons. The summed E-state index contributed by atoms with van der Waals surface area (Å²) < 4.78 is 30.5. The van der Waals surface area contributed by atoms with Crippen molar-refractivity contribution in [3.05, 3.63) is 75.5 Å². The average molecular weight is 573 g/mol. The van der Waals surface area contributed by atoms with Gasteiger partial charge in [0.1, 0.15) is 11.5 Å². The fourth-order valence-corrected chi connectivity index (χ4v) is 6.52. The van der Waals surface area contributed by atoms with Gasteiger partial charge >= 0.3 is 0 Å². The van der Waals surface area contributed by atoms with Crippen molar-refractivity contribution in [3.8, 4) is 11.3 Å². The predicted octanol–water partition coefficient (Wildman–Crippen LogP) is 6.15. The number of nitrogens with one attached hydrogen (secondary N) is 1. The number of carbonyl (C=O) groups is 1. The summed E-state index contributed by atoms with van der Waals surface area (Å²) in [5.41, 5.74) is 3.87. The van der Waals surface area contributed by atoms with E-state index in [9.17, 15) is 13.2 Å². The van der Waals surface area contributed by atoms with Crippen LogP contribution in [0.25, 0.3) is 17.3 Å². The van der Waals surface area contributed by atoms with Gasteiger partial charge in [-0.2, -0.15) is 0 Å². The number of hydrogen-bond donors (Lipinski definition) is 1. The Hall–Kier alpha value is -2.81. The number of nitrogens with zero attached hydrogens (tertiary/aromatic N) is 2. The molecule has 2 atom stereocenters. The van der Waals surface area contributed by atoms with Crippen LogP contribution in [0.4, 0.5) is 5.69 Å². The molecule has 1 N–H and O–H groups in total. The fraction of sp³-hybridized carbons (Fsp3) is 0.357. The molecule has 2 saturated carbocycles. The molecule has 2 heterocycles. The third-order valence-corrected chi connectivity index (χ3v) is 9.01. The summed E-state index contributed by atoms with van der Waals surface area (Å²) in [5, 5.41) is 5.50. The summed E-state index contributed by atoms with van der Waals surface area (Å²) in [4.78, 5) is 14.4. The number of aromatic nitrogens is 1. The summed E-state index contributed by atoms with van der Waals surface area (Å²) in [6.45, 7) is 1.81. The molecule has 6 rings (SSSR count). The smallest absolute Gasteiger partial charge is 0.264 e. The fourth-order valence-electron chi connectivity index (χ4n) is 5.49. The first-order chi connectivity index (χ1) is 18.1. The van der Waals surface area contributed by atoms with Crippen LogP contribution in [0.15, 0.2) is 53.1 Å². The van der Waals surface area contributed by atoms with Crippen LogP contribution >= 0.6 is 23.2 Å². The van der Waals surface area contributed by atoms with E-state index in [0.717, 1.165) is 62.0 Å². The molecule has 2 aliphatic carbocycles. The number of halogens is 2. The van der Waals surface area contributed by atoms with Crippen molar-refractivity contribution in [2.45, 2.75) is 31.6 Å². The van der Waals surface area contributed by atoms with Crippen molar-refractivity contribution in [3.63, 3.8) is 0 Å². The number of amides is 1. The van der Waals surface area contributed by atoms with Gasteiger partial charge in [-0.05, 0) is 73.4 Å². The van der Waals surface area contributed by atoms with E-state index in [1.54, 1.807) is 12.1 Å². The molecular formula is C28H27Cl2N3O4S. The maximum atomic E-state index is 12.1. The molecule has 0 bridgehead atoms. The molecule has 3 aliphatic rings. The SMILES string of the molecule is CS(=O)(=O)NC(=O)c1ccc(N2CCC3(/C=C/c4c(-c5c(Cl)cccc5Cl)noc4C4CC4)CC3C2)cc1. The maximum absolute atomic E-state index is 12.1. The predicted molar refractivity (Wildman–Crippen MR) is 149 cm³/mol. The van der Waals surface area contributed by atoms with Gasteiger partial charge in [0.05, 0.1) is 16.3 Å². The van der Waals surface area contributed by atoms with Crippen molar-refractivity contribution in [1.29, 1.82) is 0 Å². The minimum Gasteiger partial charge on any atom is -0.371 e. The Morgan fingerprint density at radius 1 is 1.16 bits per heavy atom. The number of piperidine rings is 1. The van der Waals surface area contributed by atoms with Gasteiger partial charge in [-0.15, -0.1) is 0 Å². The first-order valence-electron chi connectivity index (χ1n) is 12.6. The monoisotopic (exact) mass is 571 g/mol. The Morgan fingerprint density at radius 2 is 1.87 bits per heavy atom. The molecule has 3 fully saturated rings. The Morgan fingerprint density at radius 3 is 2.50 bits per heavy atom. The molecule has 1 amide bonds. The highest BCUT2D eigenvalue weighted by atomic mass is 35.5. The summed E-state index contributed by atoms with van der Waals surface area (Å²) in [6, 6.07) is 12.5. The second-order valence-corrected chi connectivity index (χ2v) is 13.2. The average Bonchev–Trinajstić information content (AvgIpc) is 3.79. The molecule has 1 aliphatic heterocycles. The van der Waals surface area contributed by atoms with Crippen LogP contribution < -0.4 is 9.62 Å². The van der Waals surface area contributed by atoms with Crippen LogP contribution in [0.5, 0.6) is 0 Å². The van der Waals surface area contributed by atoms with E-state index in [0.29, 0.717) is 38.7 Å². The van der Waals surface area contributed by atoms with Crippen LogP contribution in [0.2, 0.25) is 10.0 Å². The number of benzene rings is 2. The van der Waals surface area contributed by atoms with Crippen LogP contribution in [-0.4, -0.2) is 38.8 Å². The van der Waals surface area contributed by atoms with Crippen molar-refractivity contribution in [2.75, 3.05) is 24.2 Å². The lowest BCUT2D eigenvalue weighted by molar-refractivity contribution is 0.0981. The Balaban J connectivity index is 1.18. The van der Waals surface area contributed by atoms with Gasteiger partial charge in [-0.25, -0.2) is 13.1 Å². The maximum Gasteiger partial charge on any atom is 0.264 e. The Kier molecular flexibility index (Phi) is 6.32. The number of hydrogen-bond acceptors (Lipinski definition) is 6. The molecule has 0 spiro atoms. The van der Waals surface area contributed by atoms with E-state index < -0.39 is 15.9 Å². The minimum absolute atomic E-state index is 0.144. The third kappa shape index (κ3) is 4.97. The zero-order valence-corrected chi connectivity index (χ0v) is 23.1. The van der Waals surface area contributed by atoms with Gasteiger partial charge < -0.3 is 9.42 Å². The second kappa shape index (κ2) is 9.43. The molecule has 10 heteroatoms. The standard InChI is InChI=1S/C28H27Cl2N3O4S/c1-38(35,36)32-27(34)18-7-9-20(10-8-18)33-14-13-28(15-19(28)16-33)12-11-21-25(31-37-26(21)17-5-6-17)24-22(29)3-2-4-23(24)30/h2-4,7-12,17,19H,5-6,13-16H2,1H3,(H,32,34)/b12-11+. The van der Waals surface area contributed by atoms with E-state index >= 15 is 0 Å². The van der Waals surface area contributed by atoms with Crippen molar-refractivity contribution in [2.24, 2.45) is 11.3 Å². The molecule has 3 aromatic rings. The van der Waals surface area contributed by atoms with E-state index in [2.05, 4.69) is 22.2 Å². The van der Waals surface area contributed by atoms with Gasteiger partial charge in [0, 0.05) is 41.4 Å². The Bertz CT molecular complexity index is 1530. The summed E-state index contributed by atoms with van der Waals surface area (Å²) in [7, 11) is -3.60. The molecule has 1 aromatic heterocycles. The van der Waals surface area contributed by atoms with Gasteiger partial charge in [0.15, 0.2) is 0 Å². The molecule has 38 heavy (non-hydrogen) atoms. The van der Waals surface area contributed by atoms with Crippen molar-refractivity contribution >= 4 is 50.9 Å². The van der Waals surface area contributed by atoms with Gasteiger partial charge in [0.25, 0.3) is 5.91 Å². The van der Waals surface area contributed by atoms with E-state index in [1.165, 1.54) is 0 Å². The van der Waals surface area contributed by atoms with E-state index in [-0.39, 0.29) is 5.41 Å². The van der Waals surface area contributed by atoms with E-state index in [1.807, 2.05) is 35.1 Å². The number of anilines is 1. The highest BCUT2D eigenvalue weighted by Gasteiger charge is 2.54. The molecule has 198 valence electrons. The summed E-state index contributed by atoms with van der Waals surface area (Å²) in [5.74, 6) is 1.21. The zero-order chi connectivity index (χ0) is 26.7. The second-order valence-electron chi connectivity index (χ2n) is 10.6. The summed E-state index contributed by atoms with van der Waals surface area (Å²) >= 11 is 13.0. The normalized spacial score (nSPS) is 22.9. The molecule has 2 unspecified atom stereocenters. The minimum atomic E-state index is -3.60. The van der Waals surface area contributed by atoms with Gasteiger partial charge in [0.2, 0.25) is 10.0 Å². The number of rotatable bonds is 7. The highest BCUT2D eigenvalue weighted by molar-refractivity contribution is 7.89. The highest BCUT2D eigenvalue weighted by Crippen LogP contribution is 2.60. The van der Waals surface area contributed by atoms with E-state index in [4.69, 9.17) is 27.7 Å². The number of allylic oxidation sites excluding steroid dienone is 1. The number of sulfonamides is 1. The van der Waals surface area contributed by atoms with Gasteiger partial charge in [-0.1, -0.05) is 46.6 Å². The van der Waals surface area contributed by atoms with Crippen LogP contribution in [0.1, 0.15) is 53.3 Å². The zero-order valence-electron chi connectivity index (χ0n) is 20.8. The molecule has 1 saturated heterocycles. The van der Waals surface area contributed by atoms with Crippen LogP contribution in [0, 0.1) is 11.3 Å². The third-order valence-electron chi connectivity index (χ3n) is 7.83.